The Bertz CT molecular complexity index is 322. The molecule has 0 unspecified atom stereocenters. The van der Waals surface area contributed by atoms with E-state index < -0.39 is 6.10 Å². The molecule has 0 aromatic heterocycles. The van der Waals surface area contributed by atoms with Gasteiger partial charge in [-0.15, -0.1) is 0 Å². The summed E-state index contributed by atoms with van der Waals surface area (Å²) in [7, 11) is 0. The van der Waals surface area contributed by atoms with E-state index in [0.717, 1.165) is 18.4 Å². The molecule has 0 radical (unpaired) electrons. The van der Waals surface area contributed by atoms with Crippen LogP contribution in [0, 0.1) is 0 Å². The van der Waals surface area contributed by atoms with Crippen LogP contribution in [0.15, 0.2) is 30.3 Å². The molecule has 1 aromatic carbocycles. The number of nitrogens with zero attached hydrogens (tertiary/aromatic N) is 1. The first kappa shape index (κ1) is 12.6. The quantitative estimate of drug-likeness (QED) is 0.620. The summed E-state index contributed by atoms with van der Waals surface area (Å²) >= 11 is 0. The predicted molar refractivity (Wildman–Crippen MR) is 69.2 cm³/mol. The highest BCUT2D eigenvalue weighted by molar-refractivity contribution is 5.17. The van der Waals surface area contributed by atoms with Crippen molar-refractivity contribution in [1.82, 2.24) is 5.01 Å². The molecule has 3 heteroatoms. The Morgan fingerprint density at radius 2 is 1.82 bits per heavy atom. The molecule has 0 saturated heterocycles. The molecule has 1 aromatic rings. The molecule has 0 amide bonds. The second-order valence-electron chi connectivity index (χ2n) is 4.92. The Hall–Kier alpha value is -0.900. The minimum Gasteiger partial charge on any atom is -0.387 e. The van der Waals surface area contributed by atoms with E-state index >= 15 is 0 Å². The van der Waals surface area contributed by atoms with E-state index in [2.05, 4.69) is 0 Å². The van der Waals surface area contributed by atoms with Crippen molar-refractivity contribution < 1.29 is 5.11 Å². The normalized spacial score (nSPS) is 19.5. The van der Waals surface area contributed by atoms with Crippen molar-refractivity contribution in [1.29, 1.82) is 0 Å². The van der Waals surface area contributed by atoms with Crippen LogP contribution in [0.4, 0.5) is 0 Å². The minimum absolute atomic E-state index is 0.446. The summed E-state index contributed by atoms with van der Waals surface area (Å²) in [6.07, 6.45) is 5.70. The van der Waals surface area contributed by atoms with E-state index in [9.17, 15) is 5.11 Å². The first-order chi connectivity index (χ1) is 8.27. The van der Waals surface area contributed by atoms with Gasteiger partial charge in [-0.25, -0.2) is 5.01 Å². The van der Waals surface area contributed by atoms with Gasteiger partial charge in [0.2, 0.25) is 0 Å². The summed E-state index contributed by atoms with van der Waals surface area (Å²) in [5, 5.41) is 11.9. The summed E-state index contributed by atoms with van der Waals surface area (Å²) < 4.78 is 0. The van der Waals surface area contributed by atoms with Gasteiger partial charge in [-0.1, -0.05) is 49.6 Å². The zero-order valence-corrected chi connectivity index (χ0v) is 10.3. The third-order valence-corrected chi connectivity index (χ3v) is 3.61. The average molecular weight is 234 g/mol. The van der Waals surface area contributed by atoms with Crippen LogP contribution in [0.1, 0.15) is 43.8 Å². The molecule has 0 bridgehead atoms. The third kappa shape index (κ3) is 3.53. The first-order valence-electron chi connectivity index (χ1n) is 6.51. The summed E-state index contributed by atoms with van der Waals surface area (Å²) in [4.78, 5) is 0. The molecule has 0 heterocycles. The highest BCUT2D eigenvalue weighted by Crippen LogP contribution is 2.22. The van der Waals surface area contributed by atoms with Crippen molar-refractivity contribution in [2.24, 2.45) is 5.84 Å². The van der Waals surface area contributed by atoms with Gasteiger partial charge in [0.25, 0.3) is 0 Å². The number of aliphatic hydroxyl groups excluding tert-OH is 1. The van der Waals surface area contributed by atoms with Crippen LogP contribution in [0.25, 0.3) is 0 Å². The summed E-state index contributed by atoms with van der Waals surface area (Å²) in [6.45, 7) is 0.522. The molecule has 94 valence electrons. The second kappa shape index (κ2) is 6.15. The molecule has 3 N–H and O–H groups in total. The maximum Gasteiger partial charge on any atom is 0.0931 e. The van der Waals surface area contributed by atoms with Crippen LogP contribution >= 0.6 is 0 Å². The van der Waals surface area contributed by atoms with Gasteiger partial charge in [0.1, 0.15) is 0 Å². The van der Waals surface area contributed by atoms with Gasteiger partial charge in [-0.05, 0) is 18.4 Å². The van der Waals surface area contributed by atoms with E-state index in [1.54, 1.807) is 0 Å². The monoisotopic (exact) mass is 234 g/mol. The van der Waals surface area contributed by atoms with Crippen molar-refractivity contribution >= 4 is 0 Å². The maximum atomic E-state index is 10.1. The fraction of sp³-hybridized carbons (Fsp3) is 0.571. The van der Waals surface area contributed by atoms with Gasteiger partial charge < -0.3 is 5.11 Å². The smallest absolute Gasteiger partial charge is 0.0931 e. The van der Waals surface area contributed by atoms with E-state index in [0.29, 0.717) is 12.6 Å². The molecule has 1 aliphatic rings. The number of nitrogens with two attached hydrogens (primary N) is 1. The van der Waals surface area contributed by atoms with Crippen LogP contribution < -0.4 is 5.84 Å². The Kier molecular flexibility index (Phi) is 4.54. The molecule has 1 atom stereocenters. The number of benzene rings is 1. The SMILES string of the molecule is NN(C[C@H](O)c1ccccc1)C1CCCCC1. The first-order valence-corrected chi connectivity index (χ1v) is 6.51. The van der Waals surface area contributed by atoms with Crippen LogP contribution in [-0.4, -0.2) is 22.7 Å². The lowest BCUT2D eigenvalue weighted by Crippen LogP contribution is -2.44. The zero-order chi connectivity index (χ0) is 12.1. The molecule has 0 aliphatic heterocycles. The van der Waals surface area contributed by atoms with Crippen LogP contribution in [-0.2, 0) is 0 Å². The van der Waals surface area contributed by atoms with E-state index in [-0.39, 0.29) is 0 Å². The highest BCUT2D eigenvalue weighted by atomic mass is 16.3. The topological polar surface area (TPSA) is 49.5 Å². The molecule has 1 aliphatic carbocycles. The zero-order valence-electron chi connectivity index (χ0n) is 10.3. The number of hydrogen-bond acceptors (Lipinski definition) is 3. The Balaban J connectivity index is 1.87. The molecule has 17 heavy (non-hydrogen) atoms. The van der Waals surface area contributed by atoms with Gasteiger partial charge in [-0.3, -0.25) is 5.84 Å². The molecule has 1 saturated carbocycles. The largest absolute Gasteiger partial charge is 0.387 e. The van der Waals surface area contributed by atoms with Gasteiger partial charge in [0.05, 0.1) is 6.10 Å². The average Bonchev–Trinajstić information content (AvgIpc) is 2.40. The summed E-state index contributed by atoms with van der Waals surface area (Å²) in [5.41, 5.74) is 0.943. The Labute approximate surface area is 103 Å². The van der Waals surface area contributed by atoms with Crippen LogP contribution in [0.5, 0.6) is 0 Å². The molecular formula is C14H22N2O. The molecule has 1 fully saturated rings. The molecule has 2 rings (SSSR count). The maximum absolute atomic E-state index is 10.1. The fourth-order valence-corrected chi connectivity index (χ4v) is 2.54. The number of rotatable bonds is 4. The van der Waals surface area contributed by atoms with Gasteiger partial charge >= 0.3 is 0 Å². The molecule has 3 nitrogen and oxygen atoms in total. The fourth-order valence-electron chi connectivity index (χ4n) is 2.54. The lowest BCUT2D eigenvalue weighted by molar-refractivity contribution is 0.0730. The number of hydrogen-bond donors (Lipinski definition) is 2. The van der Waals surface area contributed by atoms with Gasteiger partial charge in [-0.2, -0.15) is 0 Å². The molecular weight excluding hydrogens is 212 g/mol. The van der Waals surface area contributed by atoms with Crippen molar-refractivity contribution in [2.75, 3.05) is 6.54 Å². The standard InChI is InChI=1S/C14H22N2O/c15-16(13-9-5-2-6-10-13)11-14(17)12-7-3-1-4-8-12/h1,3-4,7-8,13-14,17H,2,5-6,9-11,15H2/t14-/m0/s1. The van der Waals surface area contributed by atoms with Crippen LogP contribution in [0.3, 0.4) is 0 Å². The van der Waals surface area contributed by atoms with Gasteiger partial charge in [0.15, 0.2) is 0 Å². The molecule has 0 spiro atoms. The van der Waals surface area contributed by atoms with Gasteiger partial charge in [0, 0.05) is 12.6 Å². The lowest BCUT2D eigenvalue weighted by atomic mass is 9.95. The number of aliphatic hydroxyl groups is 1. The summed E-state index contributed by atoms with van der Waals surface area (Å²) in [5.74, 6) is 6.06. The van der Waals surface area contributed by atoms with Crippen molar-refractivity contribution in [3.8, 4) is 0 Å². The van der Waals surface area contributed by atoms with Crippen LogP contribution in [0.2, 0.25) is 0 Å². The van der Waals surface area contributed by atoms with E-state index in [4.69, 9.17) is 5.84 Å². The number of hydrazine groups is 1. The summed E-state index contributed by atoms with van der Waals surface area (Å²) in [6, 6.07) is 10.2. The minimum atomic E-state index is -0.483. The highest BCUT2D eigenvalue weighted by Gasteiger charge is 2.21. The van der Waals surface area contributed by atoms with Crippen molar-refractivity contribution in [3.05, 3.63) is 35.9 Å². The van der Waals surface area contributed by atoms with E-state index in [1.165, 1.54) is 19.3 Å². The van der Waals surface area contributed by atoms with Crippen molar-refractivity contribution in [2.45, 2.75) is 44.2 Å². The Morgan fingerprint density at radius 3 is 2.47 bits per heavy atom. The Morgan fingerprint density at radius 1 is 1.18 bits per heavy atom. The second-order valence-corrected chi connectivity index (χ2v) is 4.92. The lowest BCUT2D eigenvalue weighted by Gasteiger charge is -2.31. The predicted octanol–water partition coefficient (Wildman–Crippen LogP) is 2.23. The third-order valence-electron chi connectivity index (χ3n) is 3.61. The van der Waals surface area contributed by atoms with E-state index in [1.807, 2.05) is 35.3 Å². The van der Waals surface area contributed by atoms with Crippen molar-refractivity contribution in [3.63, 3.8) is 0 Å².